The zero-order chi connectivity index (χ0) is 14.9. The third kappa shape index (κ3) is 3.20. The molecule has 2 aromatic rings. The Hall–Kier alpha value is -1.24. The molecule has 4 heterocycles. The van der Waals surface area contributed by atoms with Gasteiger partial charge in [0.05, 0.1) is 11.7 Å². The SMILES string of the molecule is Cl.Fc1cnc2nc(C3CCOCC3)[nH]c2c1C1CCNCC1. The van der Waals surface area contributed by atoms with Crippen LogP contribution in [0.1, 0.15) is 48.9 Å². The number of aromatic nitrogens is 3. The minimum atomic E-state index is -0.207. The van der Waals surface area contributed by atoms with E-state index in [0.29, 0.717) is 11.6 Å². The van der Waals surface area contributed by atoms with Crippen LogP contribution in [0.4, 0.5) is 4.39 Å². The number of rotatable bonds is 2. The molecule has 0 atom stereocenters. The number of imidazole rings is 1. The molecule has 0 saturated carbocycles. The minimum Gasteiger partial charge on any atom is -0.381 e. The number of nitrogens with one attached hydrogen (secondary N) is 2. The van der Waals surface area contributed by atoms with E-state index in [1.54, 1.807) is 0 Å². The number of hydrogen-bond donors (Lipinski definition) is 2. The molecule has 0 spiro atoms. The molecule has 0 aromatic carbocycles. The number of fused-ring (bicyclic) bond motifs is 1. The molecule has 23 heavy (non-hydrogen) atoms. The lowest BCUT2D eigenvalue weighted by molar-refractivity contribution is 0.0838. The molecule has 0 radical (unpaired) electrons. The second-order valence-electron chi connectivity index (χ2n) is 6.25. The average Bonchev–Trinajstić information content (AvgIpc) is 3.00. The topological polar surface area (TPSA) is 62.8 Å². The van der Waals surface area contributed by atoms with Crippen LogP contribution >= 0.6 is 12.4 Å². The van der Waals surface area contributed by atoms with Crippen LogP contribution in [-0.4, -0.2) is 41.3 Å². The fraction of sp³-hybridized carbons (Fsp3) is 0.625. The highest BCUT2D eigenvalue weighted by Crippen LogP contribution is 2.33. The predicted octanol–water partition coefficient (Wildman–Crippen LogP) is 2.88. The van der Waals surface area contributed by atoms with E-state index in [-0.39, 0.29) is 24.1 Å². The molecule has 2 fully saturated rings. The van der Waals surface area contributed by atoms with Crippen molar-refractivity contribution >= 4 is 23.6 Å². The molecule has 4 rings (SSSR count). The van der Waals surface area contributed by atoms with Crippen molar-refractivity contribution in [2.45, 2.75) is 37.5 Å². The van der Waals surface area contributed by atoms with Gasteiger partial charge in [0.15, 0.2) is 5.65 Å². The summed E-state index contributed by atoms with van der Waals surface area (Å²) in [6, 6.07) is 0. The van der Waals surface area contributed by atoms with Gasteiger partial charge in [0, 0.05) is 24.7 Å². The molecule has 2 aliphatic heterocycles. The Labute approximate surface area is 140 Å². The van der Waals surface area contributed by atoms with Gasteiger partial charge in [0.25, 0.3) is 0 Å². The summed E-state index contributed by atoms with van der Waals surface area (Å²) in [6.45, 7) is 3.42. The number of halogens is 2. The maximum absolute atomic E-state index is 14.4. The van der Waals surface area contributed by atoms with Crippen molar-refractivity contribution in [3.63, 3.8) is 0 Å². The summed E-state index contributed by atoms with van der Waals surface area (Å²) in [5, 5.41) is 3.33. The van der Waals surface area contributed by atoms with E-state index in [1.165, 1.54) is 6.20 Å². The van der Waals surface area contributed by atoms with E-state index >= 15 is 0 Å². The van der Waals surface area contributed by atoms with E-state index in [9.17, 15) is 4.39 Å². The number of H-pyrrole nitrogens is 1. The van der Waals surface area contributed by atoms with Gasteiger partial charge in [-0.1, -0.05) is 0 Å². The predicted molar refractivity (Wildman–Crippen MR) is 88.7 cm³/mol. The molecule has 126 valence electrons. The number of aromatic amines is 1. The second-order valence-corrected chi connectivity index (χ2v) is 6.25. The smallest absolute Gasteiger partial charge is 0.178 e. The van der Waals surface area contributed by atoms with Gasteiger partial charge in [-0.2, -0.15) is 0 Å². The molecule has 2 aliphatic rings. The number of piperidine rings is 1. The highest BCUT2D eigenvalue weighted by molar-refractivity contribution is 5.85. The van der Waals surface area contributed by atoms with Gasteiger partial charge in [-0.15, -0.1) is 12.4 Å². The molecule has 2 N–H and O–H groups in total. The normalized spacial score (nSPS) is 20.6. The standard InChI is InChI=1S/C16H21FN4O.ClH/c17-12-9-19-16-14(13(12)10-1-5-18-6-2-10)20-15(21-16)11-3-7-22-8-4-11;/h9-11,18H,1-8H2,(H,19,20,21);1H. The molecule has 0 amide bonds. The fourth-order valence-corrected chi connectivity index (χ4v) is 3.64. The first-order valence-electron chi connectivity index (χ1n) is 8.15. The van der Waals surface area contributed by atoms with Crippen LogP contribution in [0, 0.1) is 5.82 Å². The first-order valence-corrected chi connectivity index (χ1v) is 8.15. The molecule has 0 aliphatic carbocycles. The summed E-state index contributed by atoms with van der Waals surface area (Å²) in [7, 11) is 0. The fourth-order valence-electron chi connectivity index (χ4n) is 3.64. The van der Waals surface area contributed by atoms with E-state index < -0.39 is 0 Å². The highest BCUT2D eigenvalue weighted by Gasteiger charge is 2.25. The van der Waals surface area contributed by atoms with Gasteiger partial charge >= 0.3 is 0 Å². The number of nitrogens with zero attached hydrogens (tertiary/aromatic N) is 2. The van der Waals surface area contributed by atoms with Gasteiger partial charge < -0.3 is 15.0 Å². The Bertz CT molecular complexity index is 665. The Kier molecular flexibility index (Phi) is 5.14. The first kappa shape index (κ1) is 16.6. The molecule has 5 nitrogen and oxygen atoms in total. The van der Waals surface area contributed by atoms with Crippen LogP contribution in [0.5, 0.6) is 0 Å². The molecule has 2 saturated heterocycles. The van der Waals surface area contributed by atoms with Crippen molar-refractivity contribution in [3.8, 4) is 0 Å². The van der Waals surface area contributed by atoms with Gasteiger partial charge in [0.2, 0.25) is 0 Å². The van der Waals surface area contributed by atoms with E-state index in [2.05, 4.69) is 20.3 Å². The van der Waals surface area contributed by atoms with Crippen LogP contribution in [0.2, 0.25) is 0 Å². The summed E-state index contributed by atoms with van der Waals surface area (Å²) in [4.78, 5) is 12.2. The number of hydrogen-bond acceptors (Lipinski definition) is 4. The zero-order valence-corrected chi connectivity index (χ0v) is 13.8. The van der Waals surface area contributed by atoms with Crippen LogP contribution < -0.4 is 5.32 Å². The molecule has 0 bridgehead atoms. The molecule has 0 unspecified atom stereocenters. The largest absolute Gasteiger partial charge is 0.381 e. The Morgan fingerprint density at radius 1 is 1.09 bits per heavy atom. The Morgan fingerprint density at radius 2 is 1.83 bits per heavy atom. The van der Waals surface area contributed by atoms with Gasteiger partial charge in [-0.3, -0.25) is 0 Å². The molecule has 2 aromatic heterocycles. The Morgan fingerprint density at radius 3 is 2.57 bits per heavy atom. The monoisotopic (exact) mass is 340 g/mol. The minimum absolute atomic E-state index is 0. The lowest BCUT2D eigenvalue weighted by Gasteiger charge is -2.23. The van der Waals surface area contributed by atoms with Crippen molar-refractivity contribution in [2.24, 2.45) is 0 Å². The van der Waals surface area contributed by atoms with Crippen molar-refractivity contribution in [1.82, 2.24) is 20.3 Å². The third-order valence-corrected chi connectivity index (χ3v) is 4.89. The van der Waals surface area contributed by atoms with Gasteiger partial charge in [-0.05, 0) is 44.7 Å². The van der Waals surface area contributed by atoms with Gasteiger partial charge in [0.1, 0.15) is 11.6 Å². The van der Waals surface area contributed by atoms with Crippen molar-refractivity contribution < 1.29 is 9.13 Å². The summed E-state index contributed by atoms with van der Waals surface area (Å²) >= 11 is 0. The highest BCUT2D eigenvalue weighted by atomic mass is 35.5. The first-order chi connectivity index (χ1) is 10.8. The lowest BCUT2D eigenvalue weighted by atomic mass is 9.90. The van der Waals surface area contributed by atoms with Crippen LogP contribution in [0.15, 0.2) is 6.20 Å². The van der Waals surface area contributed by atoms with Crippen molar-refractivity contribution in [2.75, 3.05) is 26.3 Å². The third-order valence-electron chi connectivity index (χ3n) is 4.89. The van der Waals surface area contributed by atoms with Crippen LogP contribution in [0.3, 0.4) is 0 Å². The maximum Gasteiger partial charge on any atom is 0.178 e. The van der Waals surface area contributed by atoms with Gasteiger partial charge in [-0.25, -0.2) is 14.4 Å². The summed E-state index contributed by atoms with van der Waals surface area (Å²) < 4.78 is 19.8. The molecule has 7 heteroatoms. The van der Waals surface area contributed by atoms with Crippen LogP contribution in [0.25, 0.3) is 11.2 Å². The summed E-state index contributed by atoms with van der Waals surface area (Å²) in [5.41, 5.74) is 2.22. The Balaban J connectivity index is 0.00000156. The van der Waals surface area contributed by atoms with E-state index in [1.807, 2.05) is 0 Å². The summed E-state index contributed by atoms with van der Waals surface area (Å²) in [5.74, 6) is 1.34. The average molecular weight is 341 g/mol. The van der Waals surface area contributed by atoms with E-state index in [4.69, 9.17) is 4.74 Å². The summed E-state index contributed by atoms with van der Waals surface area (Å²) in [6.07, 6.45) is 5.17. The maximum atomic E-state index is 14.4. The molecular weight excluding hydrogens is 319 g/mol. The number of ether oxygens (including phenoxy) is 1. The quantitative estimate of drug-likeness (QED) is 0.882. The van der Waals surface area contributed by atoms with Crippen molar-refractivity contribution in [1.29, 1.82) is 0 Å². The molecular formula is C16H22ClFN4O. The van der Waals surface area contributed by atoms with Crippen molar-refractivity contribution in [3.05, 3.63) is 23.4 Å². The second kappa shape index (κ2) is 7.11. The number of pyridine rings is 1. The van der Waals surface area contributed by atoms with E-state index in [0.717, 1.165) is 68.9 Å². The zero-order valence-electron chi connectivity index (χ0n) is 13.0. The lowest BCUT2D eigenvalue weighted by Crippen LogP contribution is -2.27. The van der Waals surface area contributed by atoms with Crippen LogP contribution in [-0.2, 0) is 4.74 Å².